The Morgan fingerprint density at radius 3 is 2.65 bits per heavy atom. The predicted octanol–water partition coefficient (Wildman–Crippen LogP) is 1.84. The van der Waals surface area contributed by atoms with Crippen molar-refractivity contribution < 1.29 is 34.0 Å². The fraction of sp³-hybridized carbons (Fsp3) is 0.379. The van der Waals surface area contributed by atoms with E-state index in [9.17, 15) is 34.4 Å². The molecule has 2 aromatic rings. The number of nitro groups is 1. The summed E-state index contributed by atoms with van der Waals surface area (Å²) in [6, 6.07) is 4.11. The number of nitro benzene ring substituents is 1. The molecule has 15 nitrogen and oxygen atoms in total. The van der Waals surface area contributed by atoms with E-state index in [0.29, 0.717) is 29.7 Å². The number of carboxylic acid groups (broad SMARTS) is 1. The number of allylic oxidation sites excluding steroid dienone is 2. The van der Waals surface area contributed by atoms with Crippen molar-refractivity contribution in [3.05, 3.63) is 68.4 Å². The number of benzene rings is 1. The molecule has 4 aliphatic rings. The fourth-order valence-electron chi connectivity index (χ4n) is 6.14. The third-order valence-electron chi connectivity index (χ3n) is 8.36. The second-order valence-electron chi connectivity index (χ2n) is 11.1. The number of nitrogens with one attached hydrogen (secondary N) is 1. The Labute approximate surface area is 288 Å². The minimum absolute atomic E-state index is 0. The van der Waals surface area contributed by atoms with Crippen molar-refractivity contribution in [1.82, 2.24) is 15.2 Å². The van der Waals surface area contributed by atoms with Crippen molar-refractivity contribution in [1.29, 1.82) is 0 Å². The maximum absolute atomic E-state index is 13.3. The van der Waals surface area contributed by atoms with Crippen LogP contribution in [0.3, 0.4) is 0 Å². The number of oxime groups is 1. The molecule has 3 fully saturated rings. The number of carboxylic acids is 1. The van der Waals surface area contributed by atoms with Gasteiger partial charge in [0.05, 0.1) is 16.7 Å². The third kappa shape index (κ3) is 6.42. The summed E-state index contributed by atoms with van der Waals surface area (Å²) < 4.78 is 0. The summed E-state index contributed by atoms with van der Waals surface area (Å²) in [5.41, 5.74) is 6.46. The first-order valence-corrected chi connectivity index (χ1v) is 15.3. The molecule has 0 radical (unpaired) electrons. The van der Waals surface area contributed by atoms with Crippen LogP contribution in [0.1, 0.15) is 50.6 Å². The Morgan fingerprint density at radius 1 is 1.22 bits per heavy atom. The number of hydrogen-bond donors (Lipinski definition) is 3. The first kappa shape index (κ1) is 33.2. The molecule has 1 aliphatic carbocycles. The van der Waals surface area contributed by atoms with Gasteiger partial charge >= 0.3 is 35.5 Å². The van der Waals surface area contributed by atoms with Gasteiger partial charge in [0.2, 0.25) is 0 Å². The van der Waals surface area contributed by atoms with Crippen LogP contribution < -0.4 is 16.0 Å². The molecule has 1 saturated carbocycles. The Bertz CT molecular complexity index is 1700. The van der Waals surface area contributed by atoms with Gasteiger partial charge in [-0.15, -0.1) is 11.3 Å². The summed E-state index contributed by atoms with van der Waals surface area (Å²) in [6.07, 6.45) is 5.88. The van der Waals surface area contributed by atoms with Crippen molar-refractivity contribution in [2.45, 2.75) is 63.1 Å². The van der Waals surface area contributed by atoms with Gasteiger partial charge in [0, 0.05) is 29.6 Å². The topological polar surface area (TPSA) is 211 Å². The van der Waals surface area contributed by atoms with Gasteiger partial charge in [-0.25, -0.2) is 9.78 Å². The monoisotopic (exact) mass is 659 g/mol. The van der Waals surface area contributed by atoms with E-state index in [1.807, 2.05) is 0 Å². The van der Waals surface area contributed by atoms with Crippen LogP contribution in [0.15, 0.2) is 57.7 Å². The summed E-state index contributed by atoms with van der Waals surface area (Å²) in [4.78, 5) is 75.2. The number of rotatable bonds is 9. The van der Waals surface area contributed by atoms with Crippen LogP contribution in [0.4, 0.5) is 16.5 Å². The predicted molar refractivity (Wildman–Crippen MR) is 168 cm³/mol. The summed E-state index contributed by atoms with van der Waals surface area (Å²) in [5.74, 6) is -3.03. The van der Waals surface area contributed by atoms with Crippen molar-refractivity contribution in [2.24, 2.45) is 5.16 Å². The quantitative estimate of drug-likeness (QED) is 0.0888. The van der Waals surface area contributed by atoms with Crippen LogP contribution in [0.25, 0.3) is 0 Å². The zero-order valence-electron chi connectivity index (χ0n) is 23.9. The number of carbonyl (C=O) groups excluding carboxylic acids is 3. The van der Waals surface area contributed by atoms with Crippen molar-refractivity contribution in [3.63, 3.8) is 0 Å². The van der Waals surface area contributed by atoms with E-state index in [-0.39, 0.29) is 76.5 Å². The molecule has 4 heterocycles. The van der Waals surface area contributed by atoms with E-state index in [4.69, 9.17) is 10.6 Å². The zero-order valence-corrected chi connectivity index (χ0v) is 24.7. The number of aromatic nitrogens is 1. The minimum atomic E-state index is -1.34. The number of hydrogen-bond acceptors (Lipinski definition) is 11. The summed E-state index contributed by atoms with van der Waals surface area (Å²) in [5, 5.41) is 29.8. The number of non-ortho nitro benzene ring substituents is 1. The number of β-lactam (4-membered cyclic amide) rings is 1. The van der Waals surface area contributed by atoms with Gasteiger partial charge in [-0.3, -0.25) is 29.4 Å². The molecule has 0 bridgehead atoms. The van der Waals surface area contributed by atoms with E-state index < -0.39 is 40.7 Å². The summed E-state index contributed by atoms with van der Waals surface area (Å²) in [7, 11) is 0. The number of carbonyl (C=O) groups is 4. The molecule has 1 aromatic heterocycles. The number of aliphatic carboxylic acids is 1. The number of anilines is 2. The van der Waals surface area contributed by atoms with E-state index >= 15 is 0 Å². The van der Waals surface area contributed by atoms with Gasteiger partial charge in [0.1, 0.15) is 23.5 Å². The summed E-state index contributed by atoms with van der Waals surface area (Å²) in [6.45, 7) is 0.264. The number of nitrogens with zero attached hydrogens (tertiary/aromatic N) is 5. The molecular weight excluding hydrogens is 629 g/mol. The molecule has 3 amide bonds. The van der Waals surface area contributed by atoms with E-state index in [1.54, 1.807) is 11.4 Å². The molecule has 1 aromatic carbocycles. The number of nitrogen functional groups attached to an aromatic ring is 1. The Hall–Kier alpha value is -4.12. The van der Waals surface area contributed by atoms with E-state index in [1.165, 1.54) is 29.2 Å². The van der Waals surface area contributed by atoms with Gasteiger partial charge in [-0.05, 0) is 62.7 Å². The van der Waals surface area contributed by atoms with Crippen LogP contribution in [0, 0.1) is 10.1 Å². The number of amides is 3. The fourth-order valence-corrected chi connectivity index (χ4v) is 6.69. The van der Waals surface area contributed by atoms with Gasteiger partial charge in [0.15, 0.2) is 10.8 Å². The zero-order chi connectivity index (χ0) is 31.8. The first-order valence-electron chi connectivity index (χ1n) is 14.4. The van der Waals surface area contributed by atoms with Gasteiger partial charge in [-0.2, -0.15) is 0 Å². The molecule has 2 atom stereocenters. The number of nitrogens with two attached hydrogens (primary N) is 1. The van der Waals surface area contributed by atoms with Gasteiger partial charge in [-0.1, -0.05) is 11.2 Å². The van der Waals surface area contributed by atoms with E-state index in [0.717, 1.165) is 41.9 Å². The number of fused-ring (bicyclic) bond motifs is 1. The Kier molecular flexibility index (Phi) is 9.91. The van der Waals surface area contributed by atoms with Gasteiger partial charge in [0.25, 0.3) is 23.4 Å². The second kappa shape index (κ2) is 13.7. The molecule has 0 spiro atoms. The number of thiazole rings is 1. The second-order valence-corrected chi connectivity index (χ2v) is 12.0. The molecule has 3 aliphatic heterocycles. The normalized spacial score (nSPS) is 22.4. The molecular formula is C29H30N7NaO8S. The van der Waals surface area contributed by atoms with Crippen LogP contribution >= 0.6 is 11.3 Å². The SMILES string of the molecule is Nc1nc(/C(=N/OC2CCCC2)C(=O)N[C@@H]2C(=O)N3C(C(=O)O)=C(/C=C4\CCN(c5cccc([N+](=O)[O-])c5)C4=O)CC[C@H]23)cs1.[NaH]. The molecule has 46 heavy (non-hydrogen) atoms. The Balaban J connectivity index is 0.00000417. The molecule has 6 rings (SSSR count). The third-order valence-corrected chi connectivity index (χ3v) is 9.04. The summed E-state index contributed by atoms with van der Waals surface area (Å²) >= 11 is 1.13. The first-order chi connectivity index (χ1) is 21.6. The van der Waals surface area contributed by atoms with Crippen molar-refractivity contribution in [2.75, 3.05) is 17.2 Å². The average molecular weight is 660 g/mol. The molecule has 0 unspecified atom stereocenters. The van der Waals surface area contributed by atoms with Crippen LogP contribution in [-0.2, 0) is 24.0 Å². The van der Waals surface area contributed by atoms with Crippen LogP contribution in [0.2, 0.25) is 0 Å². The Morgan fingerprint density at radius 2 is 1.98 bits per heavy atom. The van der Waals surface area contributed by atoms with Gasteiger partial charge < -0.3 is 25.9 Å². The molecule has 17 heteroatoms. The molecule has 236 valence electrons. The van der Waals surface area contributed by atoms with Crippen LogP contribution in [0.5, 0.6) is 0 Å². The molecule has 2 saturated heterocycles. The molecule has 4 N–H and O–H groups in total. The van der Waals surface area contributed by atoms with Crippen LogP contribution in [-0.4, -0.2) is 104 Å². The van der Waals surface area contributed by atoms with Crippen molar-refractivity contribution in [3.8, 4) is 0 Å². The standard InChI is InChI=1S/C29H29N7O8S.Na.H/c30-29-31-20(14-45-29)22(33-44-19-6-1-2-7-19)25(37)32-23-21-9-8-15(24(28(40)41)35(21)27(23)39)12-16-10-11-34(26(16)38)17-4-3-5-18(13-17)36(42)43;;/h3-5,12-14,19,21,23H,1-2,6-11H2,(H2,30,31)(H,32,37)(H,40,41);;/b16-12+,33-22-;;/t21-,23+;;/m1../s1. The van der Waals surface area contributed by atoms with Crippen molar-refractivity contribution >= 4 is 86.8 Å². The van der Waals surface area contributed by atoms with E-state index in [2.05, 4.69) is 15.5 Å². The maximum atomic E-state index is 13.3. The average Bonchev–Trinajstić information content (AvgIpc) is 3.78.